The SMILES string of the molecule is CNC(=O)c1ccnc2c([C@H](C)CNc3cc(-c4ccc(N5CCN6C(=O)OC[C@@H]6C5)nc4)ncn3)cccc12.S. The Bertz CT molecular complexity index is 1570. The van der Waals surface area contributed by atoms with E-state index in [1.54, 1.807) is 30.5 Å². The standard InChI is InChI=1S/C29H30N8O3.H2S/c1-18(21-4-3-5-22-23(28(38)30-2)8-9-31-27(21)22)13-32-25-12-24(34-17-35-25)19-6-7-26(33-14-19)36-10-11-37-20(15-36)16-40-29(37)39;/h3-9,12,14,17-18,20H,10-11,13,15-16H2,1-2H3,(H,30,38)(H,32,34,35);1H2/t18-,20+;/m1./s1. The van der Waals surface area contributed by atoms with Crippen molar-refractivity contribution in [2.75, 3.05) is 50.1 Å². The van der Waals surface area contributed by atoms with E-state index in [4.69, 9.17) is 4.74 Å². The van der Waals surface area contributed by atoms with Crippen molar-refractivity contribution in [1.82, 2.24) is 30.2 Å². The van der Waals surface area contributed by atoms with Gasteiger partial charge in [-0.15, -0.1) is 0 Å². The van der Waals surface area contributed by atoms with Gasteiger partial charge in [0.15, 0.2) is 0 Å². The van der Waals surface area contributed by atoms with Gasteiger partial charge in [-0.2, -0.15) is 13.5 Å². The van der Waals surface area contributed by atoms with Crippen LogP contribution in [-0.4, -0.2) is 82.7 Å². The zero-order valence-corrected chi connectivity index (χ0v) is 23.9. The second-order valence-corrected chi connectivity index (χ2v) is 10.0. The average Bonchev–Trinajstić information content (AvgIpc) is 3.38. The van der Waals surface area contributed by atoms with E-state index in [0.717, 1.165) is 40.1 Å². The maximum absolute atomic E-state index is 12.3. The van der Waals surface area contributed by atoms with E-state index in [1.165, 1.54) is 0 Å². The minimum absolute atomic E-state index is 0. The molecule has 12 heteroatoms. The predicted molar refractivity (Wildman–Crippen MR) is 162 cm³/mol. The lowest BCUT2D eigenvalue weighted by molar-refractivity contribution is 0.0964. The summed E-state index contributed by atoms with van der Waals surface area (Å²) in [7, 11) is 1.63. The van der Waals surface area contributed by atoms with Crippen LogP contribution in [0.4, 0.5) is 16.4 Å². The van der Waals surface area contributed by atoms with E-state index in [2.05, 4.69) is 42.4 Å². The Hall–Kier alpha value is -4.45. The van der Waals surface area contributed by atoms with Crippen molar-refractivity contribution in [3.05, 3.63) is 72.3 Å². The molecule has 0 aliphatic carbocycles. The number of nitrogens with zero attached hydrogens (tertiary/aromatic N) is 6. The van der Waals surface area contributed by atoms with Gasteiger partial charge in [0.25, 0.3) is 5.91 Å². The second-order valence-electron chi connectivity index (χ2n) is 10.0. The molecule has 2 N–H and O–H groups in total. The van der Waals surface area contributed by atoms with E-state index in [1.807, 2.05) is 42.6 Å². The number of fused-ring (bicyclic) bond motifs is 2. The number of cyclic esters (lactones) is 1. The van der Waals surface area contributed by atoms with Crippen LogP contribution in [0.5, 0.6) is 0 Å². The van der Waals surface area contributed by atoms with Crippen molar-refractivity contribution >= 4 is 48.0 Å². The molecule has 0 spiro atoms. The molecule has 11 nitrogen and oxygen atoms in total. The number of carbonyl (C=O) groups excluding carboxylic acids is 2. The third kappa shape index (κ3) is 5.60. The number of para-hydroxylation sites is 1. The number of rotatable bonds is 7. The third-order valence-corrected chi connectivity index (χ3v) is 7.55. The topological polar surface area (TPSA) is 125 Å². The fourth-order valence-electron chi connectivity index (χ4n) is 5.33. The van der Waals surface area contributed by atoms with E-state index < -0.39 is 0 Å². The second kappa shape index (κ2) is 12.0. The lowest BCUT2D eigenvalue weighted by Gasteiger charge is -2.36. The molecule has 2 aliphatic rings. The minimum atomic E-state index is -0.223. The number of amides is 2. The smallest absolute Gasteiger partial charge is 0.410 e. The van der Waals surface area contributed by atoms with Crippen molar-refractivity contribution < 1.29 is 14.3 Å². The van der Waals surface area contributed by atoms with Gasteiger partial charge in [-0.1, -0.05) is 25.1 Å². The fraction of sp³-hybridized carbons (Fsp3) is 0.310. The molecule has 2 fully saturated rings. The molecule has 5 heterocycles. The van der Waals surface area contributed by atoms with Crippen LogP contribution in [0.1, 0.15) is 28.8 Å². The lowest BCUT2D eigenvalue weighted by Crippen LogP contribution is -2.52. The Balaban J connectivity index is 0.00000337. The van der Waals surface area contributed by atoms with Crippen molar-refractivity contribution in [1.29, 1.82) is 0 Å². The van der Waals surface area contributed by atoms with Crippen LogP contribution in [-0.2, 0) is 4.74 Å². The highest BCUT2D eigenvalue weighted by molar-refractivity contribution is 7.59. The summed E-state index contributed by atoms with van der Waals surface area (Å²) in [6, 6.07) is 13.7. The maximum Gasteiger partial charge on any atom is 0.410 e. The number of anilines is 2. The molecule has 2 atom stereocenters. The number of benzene rings is 1. The Kier molecular flexibility index (Phi) is 8.20. The van der Waals surface area contributed by atoms with Crippen LogP contribution in [0, 0.1) is 0 Å². The van der Waals surface area contributed by atoms with E-state index in [-0.39, 0.29) is 37.5 Å². The molecule has 41 heavy (non-hydrogen) atoms. The molecule has 0 saturated carbocycles. The quantitative estimate of drug-likeness (QED) is 0.343. The Morgan fingerprint density at radius 3 is 2.80 bits per heavy atom. The van der Waals surface area contributed by atoms with Crippen LogP contribution in [0.2, 0.25) is 0 Å². The van der Waals surface area contributed by atoms with Crippen molar-refractivity contribution in [3.8, 4) is 11.3 Å². The predicted octanol–water partition coefficient (Wildman–Crippen LogP) is 3.42. The normalized spacial score (nSPS) is 16.9. The highest BCUT2D eigenvalue weighted by Crippen LogP contribution is 2.28. The van der Waals surface area contributed by atoms with Gasteiger partial charge < -0.3 is 20.3 Å². The summed E-state index contributed by atoms with van der Waals surface area (Å²) in [6.07, 6.45) is 4.82. The first-order valence-electron chi connectivity index (χ1n) is 13.3. The van der Waals surface area contributed by atoms with Gasteiger partial charge in [-0.3, -0.25) is 14.7 Å². The maximum atomic E-state index is 12.3. The third-order valence-electron chi connectivity index (χ3n) is 7.55. The van der Waals surface area contributed by atoms with Crippen LogP contribution in [0.25, 0.3) is 22.2 Å². The minimum Gasteiger partial charge on any atom is -0.447 e. The average molecular weight is 573 g/mol. The summed E-state index contributed by atoms with van der Waals surface area (Å²) in [5.74, 6) is 1.56. The van der Waals surface area contributed by atoms with Crippen LogP contribution < -0.4 is 15.5 Å². The molecule has 0 radical (unpaired) electrons. The number of ether oxygens (including phenoxy) is 1. The molecule has 1 aromatic carbocycles. The largest absolute Gasteiger partial charge is 0.447 e. The summed E-state index contributed by atoms with van der Waals surface area (Å²) < 4.78 is 5.17. The highest BCUT2D eigenvalue weighted by Gasteiger charge is 2.37. The van der Waals surface area contributed by atoms with Gasteiger partial charge in [0.2, 0.25) is 0 Å². The van der Waals surface area contributed by atoms with Crippen molar-refractivity contribution in [3.63, 3.8) is 0 Å². The number of nitrogens with one attached hydrogen (secondary N) is 2. The van der Waals surface area contributed by atoms with Crippen LogP contribution in [0.15, 0.2) is 61.2 Å². The van der Waals surface area contributed by atoms with Gasteiger partial charge in [0.05, 0.1) is 22.8 Å². The first-order chi connectivity index (χ1) is 19.5. The first-order valence-corrected chi connectivity index (χ1v) is 13.3. The van der Waals surface area contributed by atoms with Gasteiger partial charge in [0, 0.05) is 68.6 Å². The molecule has 6 rings (SSSR count). The van der Waals surface area contributed by atoms with Crippen molar-refractivity contribution in [2.45, 2.75) is 18.9 Å². The Labute approximate surface area is 244 Å². The van der Waals surface area contributed by atoms with Gasteiger partial charge in [-0.05, 0) is 23.8 Å². The van der Waals surface area contributed by atoms with Crippen LogP contribution >= 0.6 is 13.5 Å². The molecule has 0 bridgehead atoms. The summed E-state index contributed by atoms with van der Waals surface area (Å²) >= 11 is 0. The molecular weight excluding hydrogens is 540 g/mol. The number of hydrogen-bond donors (Lipinski definition) is 2. The molecule has 2 saturated heterocycles. The highest BCUT2D eigenvalue weighted by atomic mass is 32.1. The zero-order chi connectivity index (χ0) is 27.6. The molecule has 4 aromatic rings. The summed E-state index contributed by atoms with van der Waals surface area (Å²) in [6.45, 7) is 5.23. The molecule has 3 aromatic heterocycles. The van der Waals surface area contributed by atoms with Crippen molar-refractivity contribution in [2.24, 2.45) is 0 Å². The van der Waals surface area contributed by atoms with E-state index >= 15 is 0 Å². The number of hydrogen-bond acceptors (Lipinski definition) is 9. The molecule has 2 amide bonds. The van der Waals surface area contributed by atoms with E-state index in [0.29, 0.717) is 37.6 Å². The summed E-state index contributed by atoms with van der Waals surface area (Å²) in [5, 5.41) is 6.95. The molecular formula is C29H32N8O3S. The Morgan fingerprint density at radius 1 is 1.12 bits per heavy atom. The monoisotopic (exact) mass is 572 g/mol. The summed E-state index contributed by atoms with van der Waals surface area (Å²) in [5.41, 5.74) is 4.14. The van der Waals surface area contributed by atoms with Crippen LogP contribution in [0.3, 0.4) is 0 Å². The van der Waals surface area contributed by atoms with E-state index in [9.17, 15) is 9.59 Å². The van der Waals surface area contributed by atoms with Gasteiger partial charge in [0.1, 0.15) is 24.6 Å². The number of pyridine rings is 2. The van der Waals surface area contributed by atoms with Gasteiger partial charge >= 0.3 is 6.09 Å². The number of piperazine rings is 1. The number of aromatic nitrogens is 4. The molecule has 212 valence electrons. The lowest BCUT2D eigenvalue weighted by atomic mass is 9.96. The Morgan fingerprint density at radius 2 is 2.00 bits per heavy atom. The first kappa shape index (κ1) is 28.1. The molecule has 2 aliphatic heterocycles. The zero-order valence-electron chi connectivity index (χ0n) is 22.9. The summed E-state index contributed by atoms with van der Waals surface area (Å²) in [4.78, 5) is 46.2. The molecule has 0 unspecified atom stereocenters. The fourth-order valence-corrected chi connectivity index (χ4v) is 5.33. The van der Waals surface area contributed by atoms with Gasteiger partial charge in [-0.25, -0.2) is 19.7 Å². The number of carbonyl (C=O) groups is 2.